The molecule has 0 radical (unpaired) electrons. The van der Waals surface area contributed by atoms with Gasteiger partial charge in [-0.2, -0.15) is 0 Å². The highest BCUT2D eigenvalue weighted by atomic mass is 32.1. The number of thiophene rings is 1. The summed E-state index contributed by atoms with van der Waals surface area (Å²) < 4.78 is 20.3. The van der Waals surface area contributed by atoms with E-state index in [4.69, 9.17) is 4.74 Å². The lowest BCUT2D eigenvalue weighted by atomic mass is 10.1. The number of rotatable bonds is 7. The number of ether oxygens (including phenoxy) is 1. The van der Waals surface area contributed by atoms with Crippen molar-refractivity contribution in [2.45, 2.75) is 19.7 Å². The van der Waals surface area contributed by atoms with E-state index in [1.54, 1.807) is 13.2 Å². The van der Waals surface area contributed by atoms with E-state index in [0.717, 1.165) is 16.8 Å². The summed E-state index contributed by atoms with van der Waals surface area (Å²) in [4.78, 5) is 15.4. The maximum Gasteiger partial charge on any atom is 0.262 e. The quantitative estimate of drug-likeness (QED) is 0.662. The van der Waals surface area contributed by atoms with Crippen LogP contribution in [0.25, 0.3) is 10.1 Å². The molecule has 0 unspecified atom stereocenters. The predicted molar refractivity (Wildman–Crippen MR) is 107 cm³/mol. The summed E-state index contributed by atoms with van der Waals surface area (Å²) in [6, 6.07) is 12.9. The van der Waals surface area contributed by atoms with Gasteiger partial charge in [-0.15, -0.1) is 11.3 Å². The van der Waals surface area contributed by atoms with Crippen LogP contribution in [0, 0.1) is 5.82 Å². The van der Waals surface area contributed by atoms with Crippen molar-refractivity contribution in [3.8, 4) is 0 Å². The average Bonchev–Trinajstić information content (AvgIpc) is 3.01. The van der Waals surface area contributed by atoms with Gasteiger partial charge in [0.2, 0.25) is 0 Å². The summed E-state index contributed by atoms with van der Waals surface area (Å²) in [5.74, 6) is -0.534. The number of nitrogens with zero attached hydrogens (tertiary/aromatic N) is 1. The van der Waals surface area contributed by atoms with E-state index < -0.39 is 0 Å². The van der Waals surface area contributed by atoms with Gasteiger partial charge in [0.05, 0.1) is 11.5 Å². The van der Waals surface area contributed by atoms with Gasteiger partial charge in [0.25, 0.3) is 5.91 Å². The molecule has 0 aliphatic rings. The number of fused-ring (bicyclic) bond motifs is 1. The van der Waals surface area contributed by atoms with Crippen LogP contribution in [0.2, 0.25) is 0 Å². The Kier molecular flexibility index (Phi) is 6.21. The fourth-order valence-electron chi connectivity index (χ4n) is 3.11. The zero-order valence-electron chi connectivity index (χ0n) is 15.7. The Labute approximate surface area is 162 Å². The molecule has 142 valence electrons. The van der Waals surface area contributed by atoms with Gasteiger partial charge in [0.15, 0.2) is 0 Å². The number of carbonyl (C=O) groups excluding carboxylic acids is 1. The molecule has 1 aromatic heterocycles. The number of methoxy groups -OCH3 is 1. The van der Waals surface area contributed by atoms with E-state index in [0.29, 0.717) is 22.4 Å². The van der Waals surface area contributed by atoms with Crippen molar-refractivity contribution in [2.75, 3.05) is 21.2 Å². The molecule has 1 heterocycles. The monoisotopic (exact) mass is 386 g/mol. The molecule has 6 heteroatoms. The summed E-state index contributed by atoms with van der Waals surface area (Å²) in [5.41, 5.74) is 2.84. The summed E-state index contributed by atoms with van der Waals surface area (Å²) in [5, 5.41) is 3.46. The highest BCUT2D eigenvalue weighted by molar-refractivity contribution is 7.21. The summed E-state index contributed by atoms with van der Waals surface area (Å²) in [6.07, 6.45) is 0. The van der Waals surface area contributed by atoms with Crippen LogP contribution in [0.1, 0.15) is 26.4 Å². The second kappa shape index (κ2) is 8.61. The van der Waals surface area contributed by atoms with E-state index in [-0.39, 0.29) is 18.3 Å². The molecule has 1 amide bonds. The Morgan fingerprint density at radius 2 is 1.89 bits per heavy atom. The second-order valence-corrected chi connectivity index (χ2v) is 7.70. The third kappa shape index (κ3) is 4.35. The van der Waals surface area contributed by atoms with Gasteiger partial charge in [-0.1, -0.05) is 30.3 Å². The van der Waals surface area contributed by atoms with Crippen LogP contribution < -0.4 is 5.32 Å². The zero-order chi connectivity index (χ0) is 19.4. The topological polar surface area (TPSA) is 41.6 Å². The Balaban J connectivity index is 1.85. The molecule has 0 fully saturated rings. The van der Waals surface area contributed by atoms with Gasteiger partial charge in [0.1, 0.15) is 5.82 Å². The Hall–Kier alpha value is -2.28. The Morgan fingerprint density at radius 3 is 2.59 bits per heavy atom. The first kappa shape index (κ1) is 19.5. The van der Waals surface area contributed by atoms with E-state index in [9.17, 15) is 9.18 Å². The highest BCUT2D eigenvalue weighted by Crippen LogP contribution is 2.33. The van der Waals surface area contributed by atoms with E-state index in [1.807, 2.05) is 38.4 Å². The van der Waals surface area contributed by atoms with Crippen LogP contribution in [0.15, 0.2) is 42.5 Å². The molecule has 2 aromatic carbocycles. The fourth-order valence-corrected chi connectivity index (χ4v) is 4.25. The Bertz CT molecular complexity index is 953. The number of nitrogens with one attached hydrogen (secondary N) is 1. The van der Waals surface area contributed by atoms with E-state index >= 15 is 0 Å². The molecular weight excluding hydrogens is 363 g/mol. The maximum atomic E-state index is 14.3. The van der Waals surface area contributed by atoms with Crippen molar-refractivity contribution in [3.05, 3.63) is 69.8 Å². The lowest BCUT2D eigenvalue weighted by Crippen LogP contribution is -2.24. The number of hydrogen-bond donors (Lipinski definition) is 1. The number of amides is 1. The van der Waals surface area contributed by atoms with Crippen LogP contribution in [0.5, 0.6) is 0 Å². The van der Waals surface area contributed by atoms with Crippen molar-refractivity contribution in [1.29, 1.82) is 0 Å². The molecule has 4 nitrogen and oxygen atoms in total. The number of benzene rings is 2. The van der Waals surface area contributed by atoms with Crippen molar-refractivity contribution in [3.63, 3.8) is 0 Å². The summed E-state index contributed by atoms with van der Waals surface area (Å²) >= 11 is 1.30. The molecular formula is C21H23FN2O2S. The first-order chi connectivity index (χ1) is 13.0. The molecule has 3 rings (SSSR count). The first-order valence-electron chi connectivity index (χ1n) is 8.69. The highest BCUT2D eigenvalue weighted by Gasteiger charge is 2.20. The normalized spacial score (nSPS) is 11.3. The zero-order valence-corrected chi connectivity index (χ0v) is 16.5. The molecule has 3 aromatic rings. The fraction of sp³-hybridized carbons (Fsp3) is 0.286. The molecule has 0 saturated heterocycles. The van der Waals surface area contributed by atoms with Crippen molar-refractivity contribution >= 4 is 27.3 Å². The third-order valence-corrected chi connectivity index (χ3v) is 5.50. The summed E-state index contributed by atoms with van der Waals surface area (Å²) in [6.45, 7) is 1.42. The lowest BCUT2D eigenvalue weighted by Gasteiger charge is -2.14. The van der Waals surface area contributed by atoms with Gasteiger partial charge in [-0.05, 0) is 37.4 Å². The van der Waals surface area contributed by atoms with Crippen LogP contribution in [0.4, 0.5) is 4.39 Å². The molecule has 0 aliphatic heterocycles. The largest absolute Gasteiger partial charge is 0.380 e. The Morgan fingerprint density at radius 1 is 1.15 bits per heavy atom. The minimum Gasteiger partial charge on any atom is -0.380 e. The minimum atomic E-state index is -0.328. The smallest absolute Gasteiger partial charge is 0.262 e. The predicted octanol–water partition coefficient (Wildman–Crippen LogP) is 4.18. The average molecular weight is 386 g/mol. The molecule has 0 atom stereocenters. The molecule has 0 bridgehead atoms. The van der Waals surface area contributed by atoms with Crippen LogP contribution in [-0.2, 0) is 24.4 Å². The number of halogens is 1. The number of carbonyl (C=O) groups is 1. The SMILES string of the molecule is COCc1c(C(=O)NCc2ccccc2CN(C)C)sc2cccc(F)c12. The van der Waals surface area contributed by atoms with Gasteiger partial charge < -0.3 is 15.0 Å². The van der Waals surface area contributed by atoms with E-state index in [1.165, 1.54) is 23.0 Å². The van der Waals surface area contributed by atoms with Crippen molar-refractivity contribution in [2.24, 2.45) is 0 Å². The van der Waals surface area contributed by atoms with Crippen LogP contribution >= 0.6 is 11.3 Å². The third-order valence-electron chi connectivity index (χ3n) is 4.30. The standard InChI is InChI=1S/C21H23FN2O2S/c1-24(2)12-15-8-5-4-7-14(15)11-23-21(25)20-16(13-26-3)19-17(22)9-6-10-18(19)27-20/h4-10H,11-13H2,1-3H3,(H,23,25). The molecule has 0 spiro atoms. The summed E-state index contributed by atoms with van der Waals surface area (Å²) in [7, 11) is 5.57. The second-order valence-electron chi connectivity index (χ2n) is 6.64. The van der Waals surface area contributed by atoms with Crippen molar-refractivity contribution < 1.29 is 13.9 Å². The van der Waals surface area contributed by atoms with Gasteiger partial charge in [-0.25, -0.2) is 4.39 Å². The van der Waals surface area contributed by atoms with Gasteiger partial charge in [0, 0.05) is 35.8 Å². The lowest BCUT2D eigenvalue weighted by molar-refractivity contribution is 0.0950. The first-order valence-corrected chi connectivity index (χ1v) is 9.51. The molecule has 1 N–H and O–H groups in total. The van der Waals surface area contributed by atoms with Gasteiger partial charge >= 0.3 is 0 Å². The van der Waals surface area contributed by atoms with Crippen LogP contribution in [-0.4, -0.2) is 32.0 Å². The minimum absolute atomic E-state index is 0.195. The number of hydrogen-bond acceptors (Lipinski definition) is 4. The van der Waals surface area contributed by atoms with Crippen LogP contribution in [0.3, 0.4) is 0 Å². The van der Waals surface area contributed by atoms with E-state index in [2.05, 4.69) is 16.3 Å². The van der Waals surface area contributed by atoms with Crippen molar-refractivity contribution in [1.82, 2.24) is 10.2 Å². The van der Waals surface area contributed by atoms with Gasteiger partial charge in [-0.3, -0.25) is 4.79 Å². The molecule has 0 saturated carbocycles. The molecule has 27 heavy (non-hydrogen) atoms. The molecule has 0 aliphatic carbocycles. The maximum absolute atomic E-state index is 14.3.